The summed E-state index contributed by atoms with van der Waals surface area (Å²) >= 11 is 5.93. The van der Waals surface area contributed by atoms with Crippen molar-refractivity contribution in [3.05, 3.63) is 76.8 Å². The van der Waals surface area contributed by atoms with Gasteiger partial charge in [-0.05, 0) is 98.8 Å². The highest BCUT2D eigenvalue weighted by Gasteiger charge is 2.35. The van der Waals surface area contributed by atoms with Crippen LogP contribution in [0, 0.1) is 12.8 Å². The van der Waals surface area contributed by atoms with Crippen LogP contribution < -0.4 is 14.4 Å². The number of anilines is 2. The number of hydrogen-bond donors (Lipinski definition) is 1. The Bertz CT molecular complexity index is 1680. The van der Waals surface area contributed by atoms with Crippen molar-refractivity contribution in [1.82, 2.24) is 4.31 Å². The van der Waals surface area contributed by atoms with Crippen molar-refractivity contribution >= 4 is 48.9 Å². The number of carbonyl (C=O) groups is 1. The van der Waals surface area contributed by atoms with Gasteiger partial charge in [0.15, 0.2) is 0 Å². The normalized spacial score (nSPS) is 17.7. The van der Waals surface area contributed by atoms with E-state index in [9.17, 15) is 21.6 Å². The van der Waals surface area contributed by atoms with Gasteiger partial charge in [-0.2, -0.15) is 4.31 Å². The smallest absolute Gasteiger partial charge is 0.264 e. The fourth-order valence-electron chi connectivity index (χ4n) is 5.28. The number of amides is 1. The predicted octanol–water partition coefficient (Wildman–Crippen LogP) is 4.84. The van der Waals surface area contributed by atoms with Gasteiger partial charge in [0.25, 0.3) is 10.0 Å². The first kappa shape index (κ1) is 29.4. The van der Waals surface area contributed by atoms with Crippen LogP contribution in [-0.4, -0.2) is 53.3 Å². The van der Waals surface area contributed by atoms with E-state index in [4.69, 9.17) is 16.3 Å². The number of sulfonamides is 2. The highest BCUT2D eigenvalue weighted by Crippen LogP contribution is 2.36. The summed E-state index contributed by atoms with van der Waals surface area (Å²) in [5.41, 5.74) is 2.55. The monoisotopic (exact) mass is 617 g/mol. The number of carbonyl (C=O) groups excluding carboxylic acids is 1. The van der Waals surface area contributed by atoms with Crippen molar-refractivity contribution in [3.8, 4) is 5.75 Å². The number of piperidine rings is 1. The minimum absolute atomic E-state index is 0.0580. The van der Waals surface area contributed by atoms with Crippen LogP contribution in [0.15, 0.2) is 70.5 Å². The predicted molar refractivity (Wildman–Crippen MR) is 159 cm³/mol. The largest absolute Gasteiger partial charge is 0.494 e. The van der Waals surface area contributed by atoms with Crippen LogP contribution in [0.1, 0.15) is 30.9 Å². The fraction of sp³-hybridized carbons (Fsp3) is 0.345. The molecule has 2 aliphatic heterocycles. The molecule has 0 spiro atoms. The number of nitrogens with zero attached hydrogens (tertiary/aromatic N) is 2. The number of fused-ring (bicyclic) bond motifs is 1. The van der Waals surface area contributed by atoms with Crippen molar-refractivity contribution in [2.75, 3.05) is 35.9 Å². The van der Waals surface area contributed by atoms with E-state index >= 15 is 0 Å². The summed E-state index contributed by atoms with van der Waals surface area (Å²) in [7, 11) is -7.61. The van der Waals surface area contributed by atoms with Crippen molar-refractivity contribution in [2.24, 2.45) is 5.92 Å². The van der Waals surface area contributed by atoms with Gasteiger partial charge < -0.3 is 10.1 Å². The number of halogens is 1. The fourth-order valence-corrected chi connectivity index (χ4v) is 8.51. The molecule has 218 valence electrons. The SMILES string of the molecule is CCOc1ccc(S(=O)(=O)N2CCCC(C(=O)Nc3ccc4c(c3)N(S(=O)(=O)c3ccc(Cl)cc3)CC4)C2)cc1C. The molecule has 0 radical (unpaired) electrons. The lowest BCUT2D eigenvalue weighted by Gasteiger charge is -2.31. The second kappa shape index (κ2) is 11.6. The zero-order valence-electron chi connectivity index (χ0n) is 22.8. The van der Waals surface area contributed by atoms with Crippen LogP contribution in [0.25, 0.3) is 0 Å². The Labute approximate surface area is 246 Å². The summed E-state index contributed by atoms with van der Waals surface area (Å²) in [6.45, 7) is 4.83. The number of benzene rings is 3. The van der Waals surface area contributed by atoms with Gasteiger partial charge in [-0.15, -0.1) is 0 Å². The molecule has 2 aliphatic rings. The lowest BCUT2D eigenvalue weighted by molar-refractivity contribution is -0.120. The molecule has 0 aliphatic carbocycles. The Hall–Kier alpha value is -3.12. The first-order valence-electron chi connectivity index (χ1n) is 13.5. The summed E-state index contributed by atoms with van der Waals surface area (Å²) < 4.78 is 61.7. The molecule has 1 N–H and O–H groups in total. The average Bonchev–Trinajstić information content (AvgIpc) is 3.39. The first-order valence-corrected chi connectivity index (χ1v) is 16.7. The van der Waals surface area contributed by atoms with Gasteiger partial charge in [-0.25, -0.2) is 16.8 Å². The quantitative estimate of drug-likeness (QED) is 0.387. The summed E-state index contributed by atoms with van der Waals surface area (Å²) in [6.07, 6.45) is 1.64. The maximum atomic E-state index is 13.4. The highest BCUT2D eigenvalue weighted by atomic mass is 35.5. The van der Waals surface area contributed by atoms with Crippen LogP contribution >= 0.6 is 11.6 Å². The summed E-state index contributed by atoms with van der Waals surface area (Å²) in [5, 5.41) is 3.33. The second-order valence-electron chi connectivity index (χ2n) is 10.2. The van der Waals surface area contributed by atoms with Crippen molar-refractivity contribution < 1.29 is 26.4 Å². The average molecular weight is 618 g/mol. The van der Waals surface area contributed by atoms with E-state index in [2.05, 4.69) is 5.32 Å². The molecule has 0 bridgehead atoms. The van der Waals surface area contributed by atoms with Crippen LogP contribution in [-0.2, 0) is 31.3 Å². The molecule has 2 heterocycles. The summed E-state index contributed by atoms with van der Waals surface area (Å²) in [6, 6.07) is 16.0. The minimum Gasteiger partial charge on any atom is -0.494 e. The van der Waals surface area contributed by atoms with Gasteiger partial charge in [0.1, 0.15) is 5.75 Å². The Morgan fingerprint density at radius 3 is 2.41 bits per heavy atom. The summed E-state index contributed by atoms with van der Waals surface area (Å²) in [5.74, 6) is -0.224. The molecule has 12 heteroatoms. The Morgan fingerprint density at radius 1 is 0.976 bits per heavy atom. The number of rotatable bonds is 8. The Balaban J connectivity index is 1.31. The Kier molecular flexibility index (Phi) is 8.34. The first-order chi connectivity index (χ1) is 19.5. The van der Waals surface area contributed by atoms with Gasteiger partial charge in [-0.3, -0.25) is 9.10 Å². The summed E-state index contributed by atoms with van der Waals surface area (Å²) in [4.78, 5) is 13.6. The topological polar surface area (TPSA) is 113 Å². The molecular formula is C29H32ClN3O6S2. The van der Waals surface area contributed by atoms with E-state index in [1.807, 2.05) is 13.0 Å². The molecule has 41 heavy (non-hydrogen) atoms. The molecule has 1 saturated heterocycles. The number of nitrogens with one attached hydrogen (secondary N) is 1. The third kappa shape index (κ3) is 5.94. The second-order valence-corrected chi connectivity index (χ2v) is 14.4. The molecule has 3 aromatic rings. The maximum Gasteiger partial charge on any atom is 0.264 e. The van der Waals surface area contributed by atoms with Crippen LogP contribution in [0.4, 0.5) is 11.4 Å². The van der Waals surface area contributed by atoms with Gasteiger partial charge in [0, 0.05) is 30.3 Å². The molecule has 9 nitrogen and oxygen atoms in total. The standard InChI is InChI=1S/C29H32ClN3O6S2/c1-3-39-28-13-12-26(17-20(28)2)40(35,36)32-15-4-5-22(19-32)29(34)31-24-9-6-21-14-16-33(27(21)18-24)41(37,38)25-10-7-23(30)8-11-25/h6-13,17-18,22H,3-5,14-16,19H2,1-2H3,(H,31,34). The van der Waals surface area contributed by atoms with Crippen LogP contribution in [0.3, 0.4) is 0 Å². The molecule has 0 aromatic heterocycles. The van der Waals surface area contributed by atoms with E-state index in [1.165, 1.54) is 38.9 Å². The molecule has 1 amide bonds. The lowest BCUT2D eigenvalue weighted by Crippen LogP contribution is -2.43. The van der Waals surface area contributed by atoms with Crippen molar-refractivity contribution in [1.29, 1.82) is 0 Å². The minimum atomic E-state index is -3.81. The third-order valence-corrected chi connectivity index (χ3v) is 11.4. The van der Waals surface area contributed by atoms with Crippen LogP contribution in [0.5, 0.6) is 5.75 Å². The molecular weight excluding hydrogens is 586 g/mol. The number of hydrogen-bond acceptors (Lipinski definition) is 6. The Morgan fingerprint density at radius 2 is 1.71 bits per heavy atom. The van der Waals surface area contributed by atoms with E-state index in [0.717, 1.165) is 11.1 Å². The molecule has 1 fully saturated rings. The van der Waals surface area contributed by atoms with E-state index in [0.29, 0.717) is 54.6 Å². The zero-order valence-corrected chi connectivity index (χ0v) is 25.2. The highest BCUT2D eigenvalue weighted by molar-refractivity contribution is 7.92. The van der Waals surface area contributed by atoms with Crippen LogP contribution in [0.2, 0.25) is 5.02 Å². The zero-order chi connectivity index (χ0) is 29.4. The molecule has 1 unspecified atom stereocenters. The van der Waals surface area contributed by atoms with Gasteiger partial charge >= 0.3 is 0 Å². The van der Waals surface area contributed by atoms with E-state index in [1.54, 1.807) is 31.2 Å². The lowest BCUT2D eigenvalue weighted by atomic mass is 9.98. The number of aryl methyl sites for hydroxylation is 1. The molecule has 1 atom stereocenters. The molecule has 5 rings (SSSR count). The third-order valence-electron chi connectivity index (χ3n) is 7.45. The van der Waals surface area contributed by atoms with Crippen molar-refractivity contribution in [2.45, 2.75) is 42.9 Å². The van der Waals surface area contributed by atoms with E-state index in [-0.39, 0.29) is 28.8 Å². The van der Waals surface area contributed by atoms with Gasteiger partial charge in [0.2, 0.25) is 15.9 Å². The number of ether oxygens (including phenoxy) is 1. The molecule has 0 saturated carbocycles. The van der Waals surface area contributed by atoms with Gasteiger partial charge in [0.05, 0.1) is 28.0 Å². The maximum absolute atomic E-state index is 13.4. The molecule has 3 aromatic carbocycles. The van der Waals surface area contributed by atoms with Crippen molar-refractivity contribution in [3.63, 3.8) is 0 Å². The van der Waals surface area contributed by atoms with E-state index < -0.39 is 26.0 Å². The van der Waals surface area contributed by atoms with Gasteiger partial charge in [-0.1, -0.05) is 17.7 Å².